The number of H-pyrrole nitrogens is 1. The second-order valence-corrected chi connectivity index (χ2v) is 8.31. The monoisotopic (exact) mass is 430 g/mol. The number of aromatic amines is 1. The molecule has 1 fully saturated rings. The van der Waals surface area contributed by atoms with Crippen LogP contribution in [-0.4, -0.2) is 47.1 Å². The van der Waals surface area contributed by atoms with Crippen molar-refractivity contribution in [1.29, 1.82) is 5.26 Å². The second-order valence-electron chi connectivity index (χ2n) is 8.31. The van der Waals surface area contributed by atoms with Gasteiger partial charge in [-0.25, -0.2) is 9.37 Å². The van der Waals surface area contributed by atoms with Gasteiger partial charge < -0.3 is 15.6 Å². The maximum Gasteiger partial charge on any atom is 0.256 e. The van der Waals surface area contributed by atoms with Gasteiger partial charge in [-0.2, -0.15) is 5.26 Å². The fourth-order valence-corrected chi connectivity index (χ4v) is 4.67. The number of aromatic nitrogens is 2. The lowest BCUT2D eigenvalue weighted by molar-refractivity contribution is 0.214. The number of hydrogen-bond donors (Lipinski definition) is 2. The average molecular weight is 430 g/mol. The SMILES string of the molecule is N#Cc1ccc(N2CCN([C@H]3C=C(c4cc5c(N)cc(F)cc5c(=O)[nH]4)CC3)CC2)nc1. The third-order valence-electron chi connectivity index (χ3n) is 6.39. The van der Waals surface area contributed by atoms with E-state index in [1.165, 1.54) is 12.1 Å². The lowest BCUT2D eigenvalue weighted by Gasteiger charge is -2.38. The molecule has 0 radical (unpaired) electrons. The molecule has 7 nitrogen and oxygen atoms in total. The number of nitrogens with zero attached hydrogens (tertiary/aromatic N) is 4. The molecule has 1 saturated heterocycles. The predicted octanol–water partition coefficient (Wildman–Crippen LogP) is 2.88. The van der Waals surface area contributed by atoms with Gasteiger partial charge in [0.15, 0.2) is 0 Å². The van der Waals surface area contributed by atoms with Crippen LogP contribution in [0.25, 0.3) is 16.3 Å². The van der Waals surface area contributed by atoms with Gasteiger partial charge in [-0.15, -0.1) is 0 Å². The highest BCUT2D eigenvalue weighted by Gasteiger charge is 2.27. The minimum absolute atomic E-state index is 0.272. The van der Waals surface area contributed by atoms with Gasteiger partial charge in [0, 0.05) is 55.2 Å². The van der Waals surface area contributed by atoms with E-state index in [0.717, 1.165) is 56.1 Å². The molecular weight excluding hydrogens is 407 g/mol. The van der Waals surface area contributed by atoms with E-state index >= 15 is 0 Å². The lowest BCUT2D eigenvalue weighted by atomic mass is 10.1. The largest absolute Gasteiger partial charge is 0.398 e. The van der Waals surface area contributed by atoms with Crippen LogP contribution in [0.2, 0.25) is 0 Å². The van der Waals surface area contributed by atoms with E-state index < -0.39 is 5.82 Å². The summed E-state index contributed by atoms with van der Waals surface area (Å²) >= 11 is 0. The number of allylic oxidation sites excluding steroid dienone is 1. The van der Waals surface area contributed by atoms with Gasteiger partial charge in [-0.3, -0.25) is 9.69 Å². The predicted molar refractivity (Wildman–Crippen MR) is 123 cm³/mol. The van der Waals surface area contributed by atoms with Crippen LogP contribution in [0.5, 0.6) is 0 Å². The molecule has 3 N–H and O–H groups in total. The maximum atomic E-state index is 13.6. The summed E-state index contributed by atoms with van der Waals surface area (Å²) in [5.41, 5.74) is 8.33. The molecule has 1 aliphatic carbocycles. The Morgan fingerprint density at radius 1 is 1.16 bits per heavy atom. The summed E-state index contributed by atoms with van der Waals surface area (Å²) in [6, 6.07) is 10.4. The lowest BCUT2D eigenvalue weighted by Crippen LogP contribution is -2.49. The quantitative estimate of drug-likeness (QED) is 0.620. The Labute approximate surface area is 184 Å². The van der Waals surface area contributed by atoms with Crippen molar-refractivity contribution in [2.24, 2.45) is 0 Å². The van der Waals surface area contributed by atoms with Gasteiger partial charge in [-0.05, 0) is 48.7 Å². The third-order valence-corrected chi connectivity index (χ3v) is 6.39. The van der Waals surface area contributed by atoms with E-state index in [0.29, 0.717) is 17.0 Å². The summed E-state index contributed by atoms with van der Waals surface area (Å²) in [4.78, 5) is 24.5. The molecule has 1 aromatic carbocycles. The van der Waals surface area contributed by atoms with Crippen molar-refractivity contribution < 1.29 is 4.39 Å². The van der Waals surface area contributed by atoms with Crippen molar-refractivity contribution in [2.75, 3.05) is 36.8 Å². The Morgan fingerprint density at radius 2 is 1.97 bits per heavy atom. The van der Waals surface area contributed by atoms with Gasteiger partial charge in [0.25, 0.3) is 5.56 Å². The maximum absolute atomic E-state index is 13.6. The van der Waals surface area contributed by atoms with Gasteiger partial charge in [0.2, 0.25) is 0 Å². The summed E-state index contributed by atoms with van der Waals surface area (Å²) < 4.78 is 13.6. The summed E-state index contributed by atoms with van der Waals surface area (Å²) in [5.74, 6) is 0.387. The number of nitrogen functional groups attached to an aromatic ring is 1. The number of nitriles is 1. The van der Waals surface area contributed by atoms with E-state index in [9.17, 15) is 9.18 Å². The average Bonchev–Trinajstić information content (AvgIpc) is 3.30. The topological polar surface area (TPSA) is 102 Å². The number of nitrogens with one attached hydrogen (secondary N) is 1. The number of anilines is 2. The Balaban J connectivity index is 1.31. The fourth-order valence-electron chi connectivity index (χ4n) is 4.67. The first-order valence-electron chi connectivity index (χ1n) is 10.7. The van der Waals surface area contributed by atoms with Crippen molar-refractivity contribution in [3.63, 3.8) is 0 Å². The van der Waals surface area contributed by atoms with Gasteiger partial charge >= 0.3 is 0 Å². The zero-order valence-electron chi connectivity index (χ0n) is 17.5. The van der Waals surface area contributed by atoms with Crippen LogP contribution < -0.4 is 16.2 Å². The van der Waals surface area contributed by atoms with E-state index in [1.54, 1.807) is 12.3 Å². The van der Waals surface area contributed by atoms with Gasteiger partial charge in [0.1, 0.15) is 17.7 Å². The Kier molecular flexibility index (Phi) is 5.11. The van der Waals surface area contributed by atoms with Crippen LogP contribution in [0, 0.1) is 17.1 Å². The standard InChI is InChI=1S/C24H23FN6O/c25-17-10-20-19(21(27)11-17)12-22(29-24(20)32)16-2-3-18(9-16)30-5-7-31(8-6-30)23-4-1-15(13-26)14-28-23/h1,4,9-12,14,18H,2-3,5-8,27H2,(H,29,32)/t18-/m1/s1. The number of nitrogens with two attached hydrogens (primary N) is 1. The Hall–Kier alpha value is -3.70. The van der Waals surface area contributed by atoms with E-state index in [-0.39, 0.29) is 16.6 Å². The first-order chi connectivity index (χ1) is 15.5. The normalized spacial score (nSPS) is 19.2. The molecule has 162 valence electrons. The zero-order valence-corrected chi connectivity index (χ0v) is 17.5. The van der Waals surface area contributed by atoms with Crippen LogP contribution in [0.1, 0.15) is 24.1 Å². The van der Waals surface area contributed by atoms with Crippen LogP contribution in [0.4, 0.5) is 15.9 Å². The highest BCUT2D eigenvalue weighted by atomic mass is 19.1. The Morgan fingerprint density at radius 3 is 2.69 bits per heavy atom. The molecule has 32 heavy (non-hydrogen) atoms. The first-order valence-corrected chi connectivity index (χ1v) is 10.7. The molecule has 0 bridgehead atoms. The molecular formula is C24H23FN6O. The van der Waals surface area contributed by atoms with Crippen LogP contribution >= 0.6 is 0 Å². The molecule has 2 aromatic heterocycles. The van der Waals surface area contributed by atoms with Crippen molar-refractivity contribution in [3.05, 3.63) is 70.0 Å². The van der Waals surface area contributed by atoms with Crippen molar-refractivity contribution >= 4 is 27.9 Å². The minimum Gasteiger partial charge on any atom is -0.398 e. The van der Waals surface area contributed by atoms with E-state index in [1.807, 2.05) is 12.1 Å². The molecule has 5 rings (SSSR count). The molecule has 0 unspecified atom stereocenters. The number of benzene rings is 1. The summed E-state index contributed by atoms with van der Waals surface area (Å²) in [6.07, 6.45) is 5.69. The van der Waals surface area contributed by atoms with Crippen molar-refractivity contribution in [2.45, 2.75) is 18.9 Å². The van der Waals surface area contributed by atoms with E-state index in [4.69, 9.17) is 11.0 Å². The summed E-state index contributed by atoms with van der Waals surface area (Å²) in [7, 11) is 0. The second kappa shape index (κ2) is 8.09. The van der Waals surface area contributed by atoms with Gasteiger partial charge in [0.05, 0.1) is 10.9 Å². The molecule has 2 aliphatic rings. The van der Waals surface area contributed by atoms with Gasteiger partial charge in [-0.1, -0.05) is 6.08 Å². The molecule has 3 aromatic rings. The van der Waals surface area contributed by atoms with Crippen LogP contribution in [0.3, 0.4) is 0 Å². The zero-order chi connectivity index (χ0) is 22.2. The molecule has 8 heteroatoms. The Bertz CT molecular complexity index is 1300. The number of piperazine rings is 1. The molecule has 0 saturated carbocycles. The van der Waals surface area contributed by atoms with Crippen molar-refractivity contribution in [3.8, 4) is 6.07 Å². The molecule has 1 atom stereocenters. The van der Waals surface area contributed by atoms with Crippen LogP contribution in [0.15, 0.2) is 47.4 Å². The summed E-state index contributed by atoms with van der Waals surface area (Å²) in [6.45, 7) is 3.56. The highest BCUT2D eigenvalue weighted by molar-refractivity contribution is 5.94. The fraction of sp³-hybridized carbons (Fsp3) is 0.292. The smallest absolute Gasteiger partial charge is 0.256 e. The molecule has 0 spiro atoms. The van der Waals surface area contributed by atoms with Crippen LogP contribution in [-0.2, 0) is 0 Å². The number of halogens is 1. The number of rotatable bonds is 3. The number of fused-ring (bicyclic) bond motifs is 1. The third kappa shape index (κ3) is 3.72. The van der Waals surface area contributed by atoms with E-state index in [2.05, 4.69) is 31.9 Å². The van der Waals surface area contributed by atoms with Crippen molar-refractivity contribution in [1.82, 2.24) is 14.9 Å². The molecule has 1 aliphatic heterocycles. The first kappa shape index (κ1) is 20.2. The minimum atomic E-state index is -0.510. The summed E-state index contributed by atoms with van der Waals surface area (Å²) in [5, 5.41) is 9.79. The number of pyridine rings is 2. The molecule has 3 heterocycles. The highest BCUT2D eigenvalue weighted by Crippen LogP contribution is 2.32. The number of hydrogen-bond acceptors (Lipinski definition) is 6. The molecule has 0 amide bonds.